The van der Waals surface area contributed by atoms with Crippen LogP contribution >= 0.6 is 11.8 Å². The highest BCUT2D eigenvalue weighted by Gasteiger charge is 2.25. The molecule has 1 fully saturated rings. The van der Waals surface area contributed by atoms with Crippen LogP contribution in [0.15, 0.2) is 88.7 Å². The fraction of sp³-hybridized carbons (Fsp3) is 0.200. The van der Waals surface area contributed by atoms with Gasteiger partial charge in [-0.05, 0) is 36.2 Å². The van der Waals surface area contributed by atoms with Crippen molar-refractivity contribution in [1.29, 1.82) is 5.26 Å². The van der Waals surface area contributed by atoms with E-state index in [9.17, 15) is 10.1 Å². The molecule has 0 radical (unpaired) electrons. The van der Waals surface area contributed by atoms with Crippen LogP contribution < -0.4 is 5.32 Å². The molecule has 1 atom stereocenters. The van der Waals surface area contributed by atoms with Gasteiger partial charge in [-0.15, -0.1) is 0 Å². The van der Waals surface area contributed by atoms with Crippen molar-refractivity contribution in [2.24, 2.45) is 0 Å². The molecule has 3 aromatic carbocycles. The average molecular weight is 414 g/mol. The van der Waals surface area contributed by atoms with Crippen LogP contribution in [-0.4, -0.2) is 29.9 Å². The quantitative estimate of drug-likeness (QED) is 0.636. The Labute approximate surface area is 181 Å². The van der Waals surface area contributed by atoms with Crippen LogP contribution in [0.5, 0.6) is 0 Å². The molecule has 1 heterocycles. The van der Waals surface area contributed by atoms with E-state index in [0.717, 1.165) is 35.8 Å². The molecule has 1 unspecified atom stereocenters. The normalized spacial score (nSPS) is 16.2. The minimum atomic E-state index is -0.0564. The van der Waals surface area contributed by atoms with Gasteiger partial charge in [0, 0.05) is 35.5 Å². The number of carbonyl (C=O) groups excluding carboxylic acids is 1. The summed E-state index contributed by atoms with van der Waals surface area (Å²) < 4.78 is 0. The van der Waals surface area contributed by atoms with E-state index < -0.39 is 0 Å². The van der Waals surface area contributed by atoms with Crippen LogP contribution in [0.25, 0.3) is 0 Å². The van der Waals surface area contributed by atoms with E-state index in [1.54, 1.807) is 6.07 Å². The third-order valence-electron chi connectivity index (χ3n) is 5.22. The molecule has 1 saturated heterocycles. The molecule has 150 valence electrons. The van der Waals surface area contributed by atoms with Crippen LogP contribution in [0.4, 0.5) is 0 Å². The highest BCUT2D eigenvalue weighted by atomic mass is 32.2. The summed E-state index contributed by atoms with van der Waals surface area (Å²) in [6.07, 6.45) is 0.950. The van der Waals surface area contributed by atoms with Gasteiger partial charge < -0.3 is 5.32 Å². The van der Waals surface area contributed by atoms with Gasteiger partial charge in [-0.25, -0.2) is 0 Å². The zero-order valence-electron chi connectivity index (χ0n) is 16.6. The molecule has 1 N–H and O–H groups in total. The number of hydrogen-bond acceptors (Lipinski definition) is 4. The van der Waals surface area contributed by atoms with Crippen molar-refractivity contribution in [3.05, 3.63) is 95.6 Å². The van der Waals surface area contributed by atoms with Crippen LogP contribution in [0.3, 0.4) is 0 Å². The maximum absolute atomic E-state index is 13.0. The van der Waals surface area contributed by atoms with E-state index in [-0.39, 0.29) is 11.9 Å². The lowest BCUT2D eigenvalue weighted by Gasteiger charge is -2.17. The highest BCUT2D eigenvalue weighted by Crippen LogP contribution is 2.32. The number of amides is 1. The Morgan fingerprint density at radius 3 is 2.50 bits per heavy atom. The minimum absolute atomic E-state index is 0.0564. The SMILES string of the molecule is N#Cc1ccccc1Sc1ccccc1C(=O)NC1CCN(Cc2ccccc2)C1. The summed E-state index contributed by atoms with van der Waals surface area (Å²) in [5.74, 6) is -0.0564. The molecule has 0 bridgehead atoms. The number of nitrogens with one attached hydrogen (secondary N) is 1. The van der Waals surface area contributed by atoms with Gasteiger partial charge >= 0.3 is 0 Å². The predicted octanol–water partition coefficient (Wildman–Crippen LogP) is 4.71. The second-order valence-electron chi connectivity index (χ2n) is 7.39. The molecular weight excluding hydrogens is 390 g/mol. The van der Waals surface area contributed by atoms with Crippen molar-refractivity contribution in [3.63, 3.8) is 0 Å². The summed E-state index contributed by atoms with van der Waals surface area (Å²) in [6.45, 7) is 2.74. The third-order valence-corrected chi connectivity index (χ3v) is 6.37. The van der Waals surface area contributed by atoms with Crippen molar-refractivity contribution >= 4 is 17.7 Å². The summed E-state index contributed by atoms with van der Waals surface area (Å²) in [7, 11) is 0. The number of nitriles is 1. The number of rotatable bonds is 6. The monoisotopic (exact) mass is 413 g/mol. The first-order valence-corrected chi connectivity index (χ1v) is 10.9. The standard InChI is InChI=1S/C25H23N3OS/c26-16-20-10-4-6-12-23(20)30-24-13-7-5-11-22(24)25(29)27-21-14-15-28(18-21)17-19-8-2-1-3-9-19/h1-13,21H,14-15,17-18H2,(H,27,29). The molecule has 1 aliphatic rings. The van der Waals surface area contributed by atoms with Gasteiger partial charge in [0.05, 0.1) is 11.1 Å². The second kappa shape index (κ2) is 9.62. The van der Waals surface area contributed by atoms with Crippen LogP contribution in [-0.2, 0) is 6.54 Å². The second-order valence-corrected chi connectivity index (χ2v) is 8.47. The van der Waals surface area contributed by atoms with Crippen LogP contribution in [0.1, 0.15) is 27.9 Å². The van der Waals surface area contributed by atoms with Crippen molar-refractivity contribution < 1.29 is 4.79 Å². The summed E-state index contributed by atoms with van der Waals surface area (Å²) in [4.78, 5) is 17.1. The van der Waals surface area contributed by atoms with E-state index in [2.05, 4.69) is 40.6 Å². The van der Waals surface area contributed by atoms with Gasteiger partial charge in [0.2, 0.25) is 0 Å². The van der Waals surface area contributed by atoms with Crippen molar-refractivity contribution in [2.45, 2.75) is 28.8 Å². The fourth-order valence-electron chi connectivity index (χ4n) is 3.71. The highest BCUT2D eigenvalue weighted by molar-refractivity contribution is 7.99. The van der Waals surface area contributed by atoms with E-state index in [1.165, 1.54) is 17.3 Å². The van der Waals surface area contributed by atoms with Crippen molar-refractivity contribution in [1.82, 2.24) is 10.2 Å². The van der Waals surface area contributed by atoms with Crippen molar-refractivity contribution in [3.8, 4) is 6.07 Å². The average Bonchev–Trinajstić information content (AvgIpc) is 3.21. The Morgan fingerprint density at radius 2 is 1.70 bits per heavy atom. The van der Waals surface area contributed by atoms with E-state index in [0.29, 0.717) is 11.1 Å². The Bertz CT molecular complexity index is 1060. The van der Waals surface area contributed by atoms with Gasteiger partial charge in [-0.3, -0.25) is 9.69 Å². The summed E-state index contributed by atoms with van der Waals surface area (Å²) in [5, 5.41) is 12.6. The number of carbonyl (C=O) groups is 1. The van der Waals surface area contributed by atoms with E-state index >= 15 is 0 Å². The molecule has 0 saturated carbocycles. The maximum atomic E-state index is 13.0. The van der Waals surface area contributed by atoms with E-state index in [4.69, 9.17) is 0 Å². The van der Waals surface area contributed by atoms with Gasteiger partial charge in [-0.1, -0.05) is 66.4 Å². The first-order chi connectivity index (χ1) is 14.7. The summed E-state index contributed by atoms with van der Waals surface area (Å²) >= 11 is 1.46. The molecule has 4 nitrogen and oxygen atoms in total. The number of likely N-dealkylation sites (tertiary alicyclic amines) is 1. The molecule has 30 heavy (non-hydrogen) atoms. The summed E-state index contributed by atoms with van der Waals surface area (Å²) in [6, 6.07) is 27.8. The van der Waals surface area contributed by atoms with Gasteiger partial charge in [0.1, 0.15) is 6.07 Å². The maximum Gasteiger partial charge on any atom is 0.252 e. The Balaban J connectivity index is 1.41. The Kier molecular flexibility index (Phi) is 6.48. The zero-order chi connectivity index (χ0) is 20.8. The van der Waals surface area contributed by atoms with Gasteiger partial charge in [-0.2, -0.15) is 5.26 Å². The van der Waals surface area contributed by atoms with Crippen LogP contribution in [0, 0.1) is 11.3 Å². The van der Waals surface area contributed by atoms with Gasteiger partial charge in [0.15, 0.2) is 0 Å². The molecule has 5 heteroatoms. The third kappa shape index (κ3) is 4.91. The molecule has 3 aromatic rings. The number of hydrogen-bond donors (Lipinski definition) is 1. The number of benzene rings is 3. The first kappa shape index (κ1) is 20.2. The largest absolute Gasteiger partial charge is 0.348 e. The lowest BCUT2D eigenvalue weighted by atomic mass is 10.2. The lowest BCUT2D eigenvalue weighted by molar-refractivity contribution is 0.0934. The Hall–Kier alpha value is -3.07. The fourth-order valence-corrected chi connectivity index (χ4v) is 4.73. The molecule has 0 spiro atoms. The van der Waals surface area contributed by atoms with Crippen molar-refractivity contribution in [2.75, 3.05) is 13.1 Å². The molecule has 1 aliphatic heterocycles. The summed E-state index contributed by atoms with van der Waals surface area (Å²) in [5.41, 5.74) is 2.56. The Morgan fingerprint density at radius 1 is 1.00 bits per heavy atom. The lowest BCUT2D eigenvalue weighted by Crippen LogP contribution is -2.37. The van der Waals surface area contributed by atoms with E-state index in [1.807, 2.05) is 48.5 Å². The zero-order valence-corrected chi connectivity index (χ0v) is 17.4. The smallest absolute Gasteiger partial charge is 0.252 e. The van der Waals surface area contributed by atoms with Gasteiger partial charge in [0.25, 0.3) is 5.91 Å². The topological polar surface area (TPSA) is 56.1 Å². The molecule has 0 aromatic heterocycles. The minimum Gasteiger partial charge on any atom is -0.348 e. The molecule has 1 amide bonds. The van der Waals surface area contributed by atoms with Crippen LogP contribution in [0.2, 0.25) is 0 Å². The molecular formula is C25H23N3OS. The first-order valence-electron chi connectivity index (χ1n) is 10.1. The molecule has 4 rings (SSSR count). The predicted molar refractivity (Wildman–Crippen MR) is 119 cm³/mol. The number of nitrogens with zero attached hydrogens (tertiary/aromatic N) is 2. The molecule has 0 aliphatic carbocycles.